The summed E-state index contributed by atoms with van der Waals surface area (Å²) in [4.78, 5) is 13.5. The molecule has 1 unspecified atom stereocenters. The minimum absolute atomic E-state index is 0.393. The monoisotopic (exact) mass is 266 g/mol. The molecule has 5 heteroatoms. The van der Waals surface area contributed by atoms with E-state index in [-0.39, 0.29) is 0 Å². The van der Waals surface area contributed by atoms with Gasteiger partial charge in [-0.25, -0.2) is 0 Å². The normalized spacial score (nSPS) is 13.5. The van der Waals surface area contributed by atoms with E-state index >= 15 is 0 Å². The summed E-state index contributed by atoms with van der Waals surface area (Å²) in [6, 6.07) is 7.72. The molecule has 0 aromatic heterocycles. The van der Waals surface area contributed by atoms with Crippen LogP contribution in [0.5, 0.6) is 5.75 Å². The molecule has 0 aliphatic heterocycles. The second-order valence-corrected chi connectivity index (χ2v) is 4.78. The lowest BCUT2D eigenvalue weighted by atomic mass is 9.99. The van der Waals surface area contributed by atoms with E-state index in [0.717, 1.165) is 11.4 Å². The molecule has 2 N–H and O–H groups in total. The number of benzene rings is 1. The van der Waals surface area contributed by atoms with E-state index in [1.807, 2.05) is 36.2 Å². The molecule has 19 heavy (non-hydrogen) atoms. The van der Waals surface area contributed by atoms with Crippen molar-refractivity contribution in [3.8, 4) is 5.75 Å². The largest absolute Gasteiger partial charge is 0.497 e. The molecule has 1 rings (SSSR count). The number of rotatable bonds is 6. The Kier molecular flexibility index (Phi) is 5.18. The van der Waals surface area contributed by atoms with Crippen molar-refractivity contribution in [1.29, 1.82) is 0 Å². The van der Waals surface area contributed by atoms with Crippen molar-refractivity contribution in [3.63, 3.8) is 0 Å². The highest BCUT2D eigenvalue weighted by atomic mass is 16.5. The van der Waals surface area contributed by atoms with Gasteiger partial charge in [-0.05, 0) is 37.6 Å². The highest BCUT2D eigenvalue weighted by molar-refractivity contribution is 5.79. The average Bonchev–Trinajstić information content (AvgIpc) is 2.43. The predicted molar refractivity (Wildman–Crippen MR) is 75.5 cm³/mol. The van der Waals surface area contributed by atoms with Gasteiger partial charge >= 0.3 is 5.97 Å². The fourth-order valence-corrected chi connectivity index (χ4v) is 1.70. The molecular formula is C14H22N2O3. The van der Waals surface area contributed by atoms with Crippen molar-refractivity contribution in [3.05, 3.63) is 24.3 Å². The number of ether oxygens (including phenoxy) is 2. The lowest BCUT2D eigenvalue weighted by molar-refractivity contribution is -0.146. The van der Waals surface area contributed by atoms with Crippen LogP contribution in [0.3, 0.4) is 0 Å². The van der Waals surface area contributed by atoms with Gasteiger partial charge in [-0.2, -0.15) is 0 Å². The number of hydrogen-bond acceptors (Lipinski definition) is 5. The fraction of sp³-hybridized carbons (Fsp3) is 0.500. The van der Waals surface area contributed by atoms with Gasteiger partial charge in [0.25, 0.3) is 0 Å². The second kappa shape index (κ2) is 6.43. The first kappa shape index (κ1) is 15.3. The van der Waals surface area contributed by atoms with Crippen molar-refractivity contribution in [1.82, 2.24) is 0 Å². The van der Waals surface area contributed by atoms with Crippen LogP contribution in [0.25, 0.3) is 0 Å². The molecule has 1 aromatic carbocycles. The molecule has 0 aliphatic rings. The third-order valence-corrected chi connectivity index (χ3v) is 3.13. The number of anilines is 1. The van der Waals surface area contributed by atoms with E-state index in [1.54, 1.807) is 14.0 Å². The Balaban J connectivity index is 2.59. The summed E-state index contributed by atoms with van der Waals surface area (Å²) in [6.07, 6.45) is 0.516. The molecule has 1 atom stereocenters. The summed E-state index contributed by atoms with van der Waals surface area (Å²) in [5.74, 6) is 0.422. The highest BCUT2D eigenvalue weighted by Gasteiger charge is 2.29. The zero-order valence-electron chi connectivity index (χ0n) is 12.0. The van der Waals surface area contributed by atoms with E-state index in [4.69, 9.17) is 10.5 Å². The molecule has 1 aromatic rings. The van der Waals surface area contributed by atoms with Crippen molar-refractivity contribution in [2.45, 2.75) is 18.9 Å². The SMILES string of the molecule is COC(=O)C(C)(N)CCN(C)c1ccc(OC)cc1. The molecule has 0 spiro atoms. The van der Waals surface area contributed by atoms with Gasteiger partial charge in [0, 0.05) is 19.3 Å². The first-order valence-electron chi connectivity index (χ1n) is 6.13. The van der Waals surface area contributed by atoms with Gasteiger partial charge in [-0.15, -0.1) is 0 Å². The highest BCUT2D eigenvalue weighted by Crippen LogP contribution is 2.19. The van der Waals surface area contributed by atoms with Crippen molar-refractivity contribution in [2.75, 3.05) is 32.7 Å². The Morgan fingerprint density at radius 2 is 1.89 bits per heavy atom. The minimum atomic E-state index is -0.963. The Bertz CT molecular complexity index is 415. The zero-order chi connectivity index (χ0) is 14.5. The third kappa shape index (κ3) is 4.13. The number of esters is 1. The molecule has 0 radical (unpaired) electrons. The number of hydrogen-bond donors (Lipinski definition) is 1. The van der Waals surface area contributed by atoms with E-state index in [2.05, 4.69) is 4.74 Å². The van der Waals surface area contributed by atoms with Crippen LogP contribution >= 0.6 is 0 Å². The Morgan fingerprint density at radius 3 is 2.37 bits per heavy atom. The molecule has 0 saturated heterocycles. The summed E-state index contributed by atoms with van der Waals surface area (Å²) in [6.45, 7) is 2.34. The molecule has 5 nitrogen and oxygen atoms in total. The number of nitrogens with two attached hydrogens (primary N) is 1. The van der Waals surface area contributed by atoms with Gasteiger partial charge in [0.15, 0.2) is 0 Å². The smallest absolute Gasteiger partial charge is 0.325 e. The maximum atomic E-state index is 11.5. The summed E-state index contributed by atoms with van der Waals surface area (Å²) >= 11 is 0. The maximum absolute atomic E-state index is 11.5. The second-order valence-electron chi connectivity index (χ2n) is 4.78. The molecular weight excluding hydrogens is 244 g/mol. The Hall–Kier alpha value is -1.75. The number of carbonyl (C=O) groups is 1. The van der Waals surface area contributed by atoms with Crippen molar-refractivity contribution < 1.29 is 14.3 Å². The molecule has 0 amide bonds. The van der Waals surface area contributed by atoms with Crippen molar-refractivity contribution >= 4 is 11.7 Å². The van der Waals surface area contributed by atoms with Crippen LogP contribution in [0, 0.1) is 0 Å². The van der Waals surface area contributed by atoms with Gasteiger partial charge in [0.1, 0.15) is 11.3 Å². The lowest BCUT2D eigenvalue weighted by Gasteiger charge is -2.26. The van der Waals surface area contributed by atoms with Crippen molar-refractivity contribution in [2.24, 2.45) is 5.73 Å². The predicted octanol–water partition coefficient (Wildman–Crippen LogP) is 1.41. The number of nitrogens with zero attached hydrogens (tertiary/aromatic N) is 1. The topological polar surface area (TPSA) is 64.8 Å². The maximum Gasteiger partial charge on any atom is 0.325 e. The molecule has 0 saturated carbocycles. The van der Waals surface area contributed by atoms with Crippen LogP contribution in [-0.2, 0) is 9.53 Å². The lowest BCUT2D eigenvalue weighted by Crippen LogP contribution is -2.47. The Labute approximate surface area is 114 Å². The summed E-state index contributed by atoms with van der Waals surface area (Å²) in [5, 5.41) is 0. The van der Waals surface area contributed by atoms with Crippen LogP contribution in [0.15, 0.2) is 24.3 Å². The van der Waals surface area contributed by atoms with Gasteiger partial charge in [-0.1, -0.05) is 0 Å². The van der Waals surface area contributed by atoms with Crippen LogP contribution in [0.4, 0.5) is 5.69 Å². The summed E-state index contributed by atoms with van der Waals surface area (Å²) in [7, 11) is 4.94. The van der Waals surface area contributed by atoms with Gasteiger partial charge in [-0.3, -0.25) is 4.79 Å². The number of carbonyl (C=O) groups excluding carboxylic acids is 1. The van der Waals surface area contributed by atoms with E-state index in [9.17, 15) is 4.79 Å². The molecule has 0 heterocycles. The fourth-order valence-electron chi connectivity index (χ4n) is 1.70. The summed E-state index contributed by atoms with van der Waals surface area (Å²) in [5.41, 5.74) is 6.00. The van der Waals surface area contributed by atoms with Crippen LogP contribution in [0.2, 0.25) is 0 Å². The molecule has 0 fully saturated rings. The standard InChI is InChI=1S/C14H22N2O3/c1-14(15,13(17)19-4)9-10-16(2)11-5-7-12(18-3)8-6-11/h5-8H,9-10,15H2,1-4H3. The minimum Gasteiger partial charge on any atom is -0.497 e. The number of methoxy groups -OCH3 is 2. The van der Waals surface area contributed by atoms with Gasteiger partial charge in [0.05, 0.1) is 14.2 Å². The molecule has 0 bridgehead atoms. The van der Waals surface area contributed by atoms with Gasteiger partial charge in [0.2, 0.25) is 0 Å². The van der Waals surface area contributed by atoms with E-state index < -0.39 is 11.5 Å². The third-order valence-electron chi connectivity index (χ3n) is 3.13. The Morgan fingerprint density at radius 1 is 1.32 bits per heavy atom. The zero-order valence-corrected chi connectivity index (χ0v) is 12.0. The molecule has 106 valence electrons. The quantitative estimate of drug-likeness (QED) is 0.789. The van der Waals surface area contributed by atoms with Gasteiger partial charge < -0.3 is 20.1 Å². The molecule has 0 aliphatic carbocycles. The average molecular weight is 266 g/mol. The van der Waals surface area contributed by atoms with E-state index in [1.165, 1.54) is 7.11 Å². The van der Waals surface area contributed by atoms with E-state index in [0.29, 0.717) is 13.0 Å². The van der Waals surface area contributed by atoms with Crippen LogP contribution in [0.1, 0.15) is 13.3 Å². The summed E-state index contributed by atoms with van der Waals surface area (Å²) < 4.78 is 9.79. The van der Waals surface area contributed by atoms with Crippen LogP contribution in [-0.4, -0.2) is 39.3 Å². The van der Waals surface area contributed by atoms with Crippen LogP contribution < -0.4 is 15.4 Å². The first-order valence-corrected chi connectivity index (χ1v) is 6.13. The first-order chi connectivity index (χ1) is 8.90.